The monoisotopic (exact) mass is 318 g/mol. The lowest BCUT2D eigenvalue weighted by atomic mass is 10.2. The number of pyridine rings is 1. The first-order valence-electron chi connectivity index (χ1n) is 6.89. The van der Waals surface area contributed by atoms with Gasteiger partial charge in [0.15, 0.2) is 5.96 Å². The lowest BCUT2D eigenvalue weighted by Crippen LogP contribution is -2.36. The molecule has 2 N–H and O–H groups in total. The minimum absolute atomic E-state index is 0.596. The van der Waals surface area contributed by atoms with Crippen molar-refractivity contribution in [1.82, 2.24) is 15.6 Å². The molecule has 6 heteroatoms. The fourth-order valence-electron chi connectivity index (χ4n) is 1.90. The number of benzene rings is 1. The minimum Gasteiger partial charge on any atom is -0.481 e. The van der Waals surface area contributed by atoms with Crippen LogP contribution in [0.15, 0.2) is 47.6 Å². The summed E-state index contributed by atoms with van der Waals surface area (Å²) in [6, 6.07) is 11.5. The number of hydrogen-bond donors (Lipinski definition) is 2. The van der Waals surface area contributed by atoms with Gasteiger partial charge in [0.05, 0.1) is 7.11 Å². The SMILES string of the molecule is CN=C(NCc1ccnc(OC)c1)NCc1ccccc1Cl. The van der Waals surface area contributed by atoms with E-state index in [0.717, 1.165) is 16.1 Å². The van der Waals surface area contributed by atoms with Crippen LogP contribution in [0.1, 0.15) is 11.1 Å². The Balaban J connectivity index is 1.89. The molecule has 0 aliphatic heterocycles. The molecule has 2 aromatic rings. The van der Waals surface area contributed by atoms with E-state index >= 15 is 0 Å². The van der Waals surface area contributed by atoms with Crippen molar-refractivity contribution < 1.29 is 4.74 Å². The zero-order valence-electron chi connectivity index (χ0n) is 12.6. The van der Waals surface area contributed by atoms with E-state index in [-0.39, 0.29) is 0 Å². The number of nitrogens with one attached hydrogen (secondary N) is 2. The highest BCUT2D eigenvalue weighted by Crippen LogP contribution is 2.14. The summed E-state index contributed by atoms with van der Waals surface area (Å²) < 4.78 is 5.11. The van der Waals surface area contributed by atoms with Crippen LogP contribution in [0, 0.1) is 0 Å². The number of methoxy groups -OCH3 is 1. The van der Waals surface area contributed by atoms with E-state index in [9.17, 15) is 0 Å². The van der Waals surface area contributed by atoms with Crippen molar-refractivity contribution in [1.29, 1.82) is 0 Å². The van der Waals surface area contributed by atoms with Crippen LogP contribution in [0.5, 0.6) is 5.88 Å². The van der Waals surface area contributed by atoms with Gasteiger partial charge in [-0.25, -0.2) is 4.98 Å². The summed E-state index contributed by atoms with van der Waals surface area (Å²) in [4.78, 5) is 8.28. The number of nitrogens with zero attached hydrogens (tertiary/aromatic N) is 2. The van der Waals surface area contributed by atoms with Gasteiger partial charge in [0.2, 0.25) is 5.88 Å². The third-order valence-corrected chi connectivity index (χ3v) is 3.46. The second-order valence-electron chi connectivity index (χ2n) is 4.58. The molecule has 0 atom stereocenters. The van der Waals surface area contributed by atoms with Gasteiger partial charge in [0.25, 0.3) is 0 Å². The van der Waals surface area contributed by atoms with E-state index in [1.165, 1.54) is 0 Å². The topological polar surface area (TPSA) is 58.5 Å². The molecule has 0 saturated heterocycles. The maximum absolute atomic E-state index is 6.14. The fraction of sp³-hybridized carbons (Fsp3) is 0.250. The molecule has 116 valence electrons. The van der Waals surface area contributed by atoms with Gasteiger partial charge in [-0.05, 0) is 23.3 Å². The highest BCUT2D eigenvalue weighted by molar-refractivity contribution is 6.31. The maximum atomic E-state index is 6.14. The summed E-state index contributed by atoms with van der Waals surface area (Å²) in [5.41, 5.74) is 2.09. The zero-order valence-corrected chi connectivity index (χ0v) is 13.4. The van der Waals surface area contributed by atoms with Crippen molar-refractivity contribution in [2.75, 3.05) is 14.2 Å². The van der Waals surface area contributed by atoms with Crippen molar-refractivity contribution in [3.05, 3.63) is 58.7 Å². The summed E-state index contributed by atoms with van der Waals surface area (Å²) in [6.07, 6.45) is 1.72. The van der Waals surface area contributed by atoms with Gasteiger partial charge in [-0.15, -0.1) is 0 Å². The number of guanidine groups is 1. The predicted octanol–water partition coefficient (Wildman–Crippen LogP) is 2.61. The summed E-state index contributed by atoms with van der Waals surface area (Å²) >= 11 is 6.14. The van der Waals surface area contributed by atoms with E-state index in [1.54, 1.807) is 20.4 Å². The average molecular weight is 319 g/mol. The van der Waals surface area contributed by atoms with E-state index < -0.39 is 0 Å². The molecule has 2 rings (SSSR count). The number of aromatic nitrogens is 1. The Morgan fingerprint density at radius 1 is 1.23 bits per heavy atom. The number of halogens is 1. The number of ether oxygens (including phenoxy) is 1. The van der Waals surface area contributed by atoms with Crippen molar-refractivity contribution in [3.8, 4) is 5.88 Å². The van der Waals surface area contributed by atoms with Crippen LogP contribution < -0.4 is 15.4 Å². The first-order valence-corrected chi connectivity index (χ1v) is 7.27. The van der Waals surface area contributed by atoms with Crippen LogP contribution in [-0.4, -0.2) is 25.1 Å². The highest BCUT2D eigenvalue weighted by atomic mass is 35.5. The van der Waals surface area contributed by atoms with Crippen molar-refractivity contribution in [2.24, 2.45) is 4.99 Å². The van der Waals surface area contributed by atoms with Gasteiger partial charge < -0.3 is 15.4 Å². The lowest BCUT2D eigenvalue weighted by molar-refractivity contribution is 0.397. The second kappa shape index (κ2) is 8.24. The lowest BCUT2D eigenvalue weighted by Gasteiger charge is -2.13. The molecule has 0 radical (unpaired) electrons. The standard InChI is InChI=1S/C16H19ClN4O/c1-18-16(21-11-13-5-3-4-6-14(13)17)20-10-12-7-8-19-15(9-12)22-2/h3-9H,10-11H2,1-2H3,(H2,18,20,21). The Labute approximate surface area is 135 Å². The van der Waals surface area contributed by atoms with Crippen LogP contribution in [0.25, 0.3) is 0 Å². The fourth-order valence-corrected chi connectivity index (χ4v) is 2.10. The molecule has 22 heavy (non-hydrogen) atoms. The van der Waals surface area contributed by atoms with Gasteiger partial charge in [-0.3, -0.25) is 4.99 Å². The maximum Gasteiger partial charge on any atom is 0.213 e. The summed E-state index contributed by atoms with van der Waals surface area (Å²) in [5, 5.41) is 7.21. The van der Waals surface area contributed by atoms with Gasteiger partial charge in [0.1, 0.15) is 0 Å². The normalized spacial score (nSPS) is 11.1. The molecular weight excluding hydrogens is 300 g/mol. The van der Waals surface area contributed by atoms with E-state index in [4.69, 9.17) is 16.3 Å². The molecule has 0 unspecified atom stereocenters. The van der Waals surface area contributed by atoms with Crippen LogP contribution >= 0.6 is 11.6 Å². The summed E-state index contributed by atoms with van der Waals surface area (Å²) in [5.74, 6) is 1.30. The van der Waals surface area contributed by atoms with E-state index in [0.29, 0.717) is 24.9 Å². The number of hydrogen-bond acceptors (Lipinski definition) is 3. The molecule has 0 aliphatic carbocycles. The Hall–Kier alpha value is -2.27. The molecular formula is C16H19ClN4O. The Morgan fingerprint density at radius 2 is 2.00 bits per heavy atom. The Morgan fingerprint density at radius 3 is 2.73 bits per heavy atom. The van der Waals surface area contributed by atoms with E-state index in [1.807, 2.05) is 36.4 Å². The van der Waals surface area contributed by atoms with Gasteiger partial charge in [-0.1, -0.05) is 29.8 Å². The molecule has 0 spiro atoms. The van der Waals surface area contributed by atoms with Crippen LogP contribution in [0.3, 0.4) is 0 Å². The highest BCUT2D eigenvalue weighted by Gasteiger charge is 2.02. The largest absolute Gasteiger partial charge is 0.481 e. The smallest absolute Gasteiger partial charge is 0.213 e. The minimum atomic E-state index is 0.596. The third-order valence-electron chi connectivity index (χ3n) is 3.10. The van der Waals surface area contributed by atoms with Crippen LogP contribution in [-0.2, 0) is 13.1 Å². The molecule has 0 aliphatic rings. The number of rotatable bonds is 5. The van der Waals surface area contributed by atoms with Gasteiger partial charge >= 0.3 is 0 Å². The molecule has 0 amide bonds. The summed E-state index contributed by atoms with van der Waals surface area (Å²) in [6.45, 7) is 1.24. The Bertz CT molecular complexity index is 646. The van der Waals surface area contributed by atoms with Crippen LogP contribution in [0.2, 0.25) is 5.02 Å². The zero-order chi connectivity index (χ0) is 15.8. The number of aliphatic imine (C=N–C) groups is 1. The molecule has 1 heterocycles. The van der Waals surface area contributed by atoms with Gasteiger partial charge in [0, 0.05) is 37.4 Å². The molecule has 0 fully saturated rings. The third kappa shape index (κ3) is 4.63. The summed E-state index contributed by atoms with van der Waals surface area (Å²) in [7, 11) is 3.33. The second-order valence-corrected chi connectivity index (χ2v) is 4.98. The Kier molecular flexibility index (Phi) is 6.03. The van der Waals surface area contributed by atoms with Crippen molar-refractivity contribution >= 4 is 17.6 Å². The quantitative estimate of drug-likeness (QED) is 0.657. The van der Waals surface area contributed by atoms with Crippen molar-refractivity contribution in [2.45, 2.75) is 13.1 Å². The van der Waals surface area contributed by atoms with Crippen molar-refractivity contribution in [3.63, 3.8) is 0 Å². The first kappa shape index (κ1) is 16.1. The average Bonchev–Trinajstić information content (AvgIpc) is 2.56. The molecule has 5 nitrogen and oxygen atoms in total. The van der Waals surface area contributed by atoms with Gasteiger partial charge in [-0.2, -0.15) is 0 Å². The molecule has 1 aromatic heterocycles. The molecule has 0 bridgehead atoms. The van der Waals surface area contributed by atoms with Crippen LogP contribution in [0.4, 0.5) is 0 Å². The predicted molar refractivity (Wildman–Crippen MR) is 89.3 cm³/mol. The first-order chi connectivity index (χ1) is 10.7. The molecule has 1 aromatic carbocycles. The van der Waals surface area contributed by atoms with E-state index in [2.05, 4.69) is 20.6 Å². The molecule has 0 saturated carbocycles.